The van der Waals surface area contributed by atoms with E-state index < -0.39 is 16.8 Å². The Hall–Kier alpha value is -3.74. The maximum absolute atomic E-state index is 14.1. The minimum Gasteiger partial charge on any atom is -0.496 e. The molecule has 1 N–H and O–H groups in total. The zero-order valence-electron chi connectivity index (χ0n) is 24.9. The van der Waals surface area contributed by atoms with E-state index in [0.717, 1.165) is 15.9 Å². The highest BCUT2D eigenvalue weighted by molar-refractivity contribution is 7.22. The summed E-state index contributed by atoms with van der Waals surface area (Å²) in [6, 6.07) is 7.62. The first-order valence-electron chi connectivity index (χ1n) is 13.8. The molecule has 11 nitrogen and oxygen atoms in total. The summed E-state index contributed by atoms with van der Waals surface area (Å²) in [5, 5.41) is 8.44. The van der Waals surface area contributed by atoms with Crippen molar-refractivity contribution in [2.45, 2.75) is 59.2 Å². The number of morpholine rings is 1. The number of ether oxygens (including phenoxy) is 2. The number of para-hydroxylation sites is 1. The predicted molar refractivity (Wildman–Crippen MR) is 161 cm³/mol. The Kier molecular flexibility index (Phi) is 9.70. The van der Waals surface area contributed by atoms with E-state index in [-0.39, 0.29) is 18.6 Å². The molecule has 226 valence electrons. The second-order valence-electron chi connectivity index (χ2n) is 10.8. The fourth-order valence-electron chi connectivity index (χ4n) is 4.97. The summed E-state index contributed by atoms with van der Waals surface area (Å²) < 4.78 is 19.1. The van der Waals surface area contributed by atoms with Gasteiger partial charge in [0.2, 0.25) is 11.8 Å². The first kappa shape index (κ1) is 31.2. The number of methoxy groups -OCH3 is 1. The van der Waals surface area contributed by atoms with Gasteiger partial charge in [-0.25, -0.2) is 14.3 Å². The van der Waals surface area contributed by atoms with E-state index in [4.69, 9.17) is 19.0 Å². The maximum Gasteiger partial charge on any atom is 0.333 e. The number of oxazole rings is 1. The fraction of sp³-hybridized carbons (Fsp3) is 0.467. The lowest BCUT2D eigenvalue weighted by Gasteiger charge is -2.35. The first-order valence-corrected chi connectivity index (χ1v) is 14.7. The highest BCUT2D eigenvalue weighted by atomic mass is 32.1. The number of benzene rings is 1. The molecule has 0 aliphatic carbocycles. The zero-order valence-corrected chi connectivity index (χ0v) is 25.7. The molecule has 0 atom stereocenters. The third kappa shape index (κ3) is 6.20. The van der Waals surface area contributed by atoms with Crippen LogP contribution in [0.3, 0.4) is 0 Å². The van der Waals surface area contributed by atoms with Gasteiger partial charge in [-0.3, -0.25) is 14.2 Å². The second-order valence-corrected chi connectivity index (χ2v) is 11.8. The lowest BCUT2D eigenvalue weighted by molar-refractivity contribution is -0.143. The van der Waals surface area contributed by atoms with Crippen LogP contribution in [0.2, 0.25) is 0 Å². The molecule has 1 aromatic carbocycles. The van der Waals surface area contributed by atoms with Gasteiger partial charge in [0.1, 0.15) is 22.4 Å². The van der Waals surface area contributed by atoms with Gasteiger partial charge in [0.05, 0.1) is 36.8 Å². The molecule has 5 rings (SSSR count). The molecule has 4 aromatic rings. The van der Waals surface area contributed by atoms with Crippen LogP contribution < -0.4 is 16.0 Å². The molecular weight excluding hydrogens is 560 g/mol. The van der Waals surface area contributed by atoms with Crippen molar-refractivity contribution in [2.24, 2.45) is 0 Å². The molecule has 4 heterocycles. The van der Waals surface area contributed by atoms with Gasteiger partial charge in [0, 0.05) is 25.7 Å². The molecule has 0 unspecified atom stereocenters. The Balaban J connectivity index is 0.000000952. The summed E-state index contributed by atoms with van der Waals surface area (Å²) in [5.41, 5.74) is -0.867. The van der Waals surface area contributed by atoms with Crippen LogP contribution in [-0.4, -0.2) is 69.5 Å². The van der Waals surface area contributed by atoms with Gasteiger partial charge in [-0.1, -0.05) is 18.2 Å². The zero-order chi connectivity index (χ0) is 30.6. The number of nitrogens with zero attached hydrogens (tertiary/aromatic N) is 4. The SMILES string of the molecule is CC(C)O.COc1ccccc1CCn1c(=O)n(C(C)(C)C(=O)N2CCOCC2)c(=O)c2c(C)c(-c3ncco3)sc21. The summed E-state index contributed by atoms with van der Waals surface area (Å²) in [7, 11) is 1.61. The third-order valence-electron chi connectivity index (χ3n) is 7.02. The molecule has 1 amide bonds. The van der Waals surface area contributed by atoms with Gasteiger partial charge < -0.3 is 23.9 Å². The van der Waals surface area contributed by atoms with Gasteiger partial charge in [-0.05, 0) is 58.2 Å². The van der Waals surface area contributed by atoms with Crippen molar-refractivity contribution in [1.82, 2.24) is 19.0 Å². The van der Waals surface area contributed by atoms with Crippen molar-refractivity contribution in [1.29, 1.82) is 0 Å². The number of aromatic nitrogens is 3. The number of aryl methyl sites for hydroxylation is 3. The van der Waals surface area contributed by atoms with Crippen molar-refractivity contribution in [2.75, 3.05) is 33.4 Å². The molecule has 0 bridgehead atoms. The Labute approximate surface area is 247 Å². The molecule has 1 aliphatic heterocycles. The third-order valence-corrected chi connectivity index (χ3v) is 8.32. The topological polar surface area (TPSA) is 129 Å². The van der Waals surface area contributed by atoms with Crippen LogP contribution in [0.1, 0.15) is 38.8 Å². The van der Waals surface area contributed by atoms with E-state index in [1.54, 1.807) is 44.3 Å². The van der Waals surface area contributed by atoms with Gasteiger partial charge >= 0.3 is 5.69 Å². The maximum atomic E-state index is 14.1. The number of aliphatic hydroxyl groups is 1. The van der Waals surface area contributed by atoms with Crippen LogP contribution in [0.25, 0.3) is 21.0 Å². The molecular formula is C30H38N4O7S. The minimum atomic E-state index is -1.41. The average molecular weight is 599 g/mol. The molecule has 1 fully saturated rings. The van der Waals surface area contributed by atoms with Gasteiger partial charge in [0.15, 0.2) is 0 Å². The Bertz CT molecular complexity index is 1640. The van der Waals surface area contributed by atoms with E-state index in [9.17, 15) is 14.4 Å². The van der Waals surface area contributed by atoms with E-state index in [2.05, 4.69) is 4.98 Å². The molecule has 1 saturated heterocycles. The summed E-state index contributed by atoms with van der Waals surface area (Å²) in [6.07, 6.45) is 3.33. The highest BCUT2D eigenvalue weighted by Crippen LogP contribution is 2.36. The lowest BCUT2D eigenvalue weighted by atomic mass is 10.0. The smallest absolute Gasteiger partial charge is 0.333 e. The van der Waals surface area contributed by atoms with Crippen LogP contribution in [0.5, 0.6) is 5.75 Å². The summed E-state index contributed by atoms with van der Waals surface area (Å²) in [5.74, 6) is 0.800. The molecule has 3 aromatic heterocycles. The molecule has 0 radical (unpaired) electrons. The van der Waals surface area contributed by atoms with Gasteiger partial charge in [-0.15, -0.1) is 11.3 Å². The number of amides is 1. The fourth-order valence-corrected chi connectivity index (χ4v) is 6.23. The summed E-state index contributed by atoms with van der Waals surface area (Å²) in [4.78, 5) is 48.8. The molecule has 1 aliphatic rings. The van der Waals surface area contributed by atoms with Crippen molar-refractivity contribution in [3.05, 3.63) is 68.7 Å². The number of aliphatic hydroxyl groups excluding tert-OH is 1. The standard InChI is InChI=1S/C27H30N4O6S.C3H8O/c1-17-20-23(32)31(27(2,3)25(33)29-12-15-36-16-13-29)26(34)30(11-9-18-7-5-6-8-19(18)35-4)24(20)38-21(17)22-28-10-14-37-22;1-3(2)4/h5-8,10,14H,9,11-13,15-16H2,1-4H3;3-4H,1-2H3. The van der Waals surface area contributed by atoms with Gasteiger partial charge in [-0.2, -0.15) is 0 Å². The lowest BCUT2D eigenvalue weighted by Crippen LogP contribution is -2.58. The molecule has 0 spiro atoms. The number of thiophene rings is 1. The second kappa shape index (κ2) is 13.1. The molecule has 12 heteroatoms. The Morgan fingerprint density at radius 2 is 1.86 bits per heavy atom. The van der Waals surface area contributed by atoms with Crippen molar-refractivity contribution in [3.8, 4) is 16.5 Å². The normalized spacial score (nSPS) is 13.8. The minimum absolute atomic E-state index is 0.167. The number of carbonyl (C=O) groups excluding carboxylic acids is 1. The largest absolute Gasteiger partial charge is 0.496 e. The van der Waals surface area contributed by atoms with Crippen LogP contribution in [0, 0.1) is 6.92 Å². The van der Waals surface area contributed by atoms with E-state index >= 15 is 0 Å². The van der Waals surface area contributed by atoms with Crippen LogP contribution in [0.15, 0.2) is 50.7 Å². The number of fused-ring (bicyclic) bond motifs is 1. The number of hydrogen-bond acceptors (Lipinski definition) is 9. The monoisotopic (exact) mass is 598 g/mol. The molecule has 0 saturated carbocycles. The van der Waals surface area contributed by atoms with Crippen LogP contribution in [-0.2, 0) is 28.0 Å². The average Bonchev–Trinajstić information content (AvgIpc) is 3.61. The molecule has 42 heavy (non-hydrogen) atoms. The van der Waals surface area contributed by atoms with E-state index in [0.29, 0.717) is 59.3 Å². The van der Waals surface area contributed by atoms with Crippen molar-refractivity contribution >= 4 is 27.5 Å². The van der Waals surface area contributed by atoms with Crippen molar-refractivity contribution < 1.29 is 23.8 Å². The Morgan fingerprint density at radius 1 is 1.19 bits per heavy atom. The Morgan fingerprint density at radius 3 is 2.48 bits per heavy atom. The quantitative estimate of drug-likeness (QED) is 0.343. The number of carbonyl (C=O) groups is 1. The number of hydrogen-bond donors (Lipinski definition) is 1. The summed E-state index contributed by atoms with van der Waals surface area (Å²) >= 11 is 1.29. The van der Waals surface area contributed by atoms with Crippen LogP contribution >= 0.6 is 11.3 Å². The van der Waals surface area contributed by atoms with Crippen molar-refractivity contribution in [3.63, 3.8) is 0 Å². The predicted octanol–water partition coefficient (Wildman–Crippen LogP) is 3.42. The number of rotatable bonds is 7. The summed E-state index contributed by atoms with van der Waals surface area (Å²) in [6.45, 7) is 10.4. The highest BCUT2D eigenvalue weighted by Gasteiger charge is 2.38. The van der Waals surface area contributed by atoms with E-state index in [1.165, 1.54) is 23.8 Å². The van der Waals surface area contributed by atoms with Crippen LogP contribution in [0.4, 0.5) is 0 Å². The van der Waals surface area contributed by atoms with Gasteiger partial charge in [0.25, 0.3) is 5.56 Å². The van der Waals surface area contributed by atoms with E-state index in [1.807, 2.05) is 31.2 Å². The first-order chi connectivity index (χ1) is 20.0.